The molecule has 0 rings (SSSR count). The standard InChI is InChI=1S/C15H34O2Si.C14H32O2Si/c1-7-8-9-10-11-12-13-14(15(2,3)4)18(16-5)17-6;1-7-8-9-10-11-12-13(14(2,3)4)17(15-5)16-6/h14,18H,7-13H2,1-6H3;13,17H,7-12H2,1-6H3. The van der Waals surface area contributed by atoms with Crippen molar-refractivity contribution < 1.29 is 17.7 Å². The number of unbranched alkanes of at least 4 members (excludes halogenated alkanes) is 9. The summed E-state index contributed by atoms with van der Waals surface area (Å²) in [4.78, 5) is 0. The van der Waals surface area contributed by atoms with Crippen molar-refractivity contribution in [2.75, 3.05) is 28.4 Å². The maximum absolute atomic E-state index is 5.60. The van der Waals surface area contributed by atoms with E-state index in [9.17, 15) is 0 Å². The highest BCUT2D eigenvalue weighted by molar-refractivity contribution is 6.46. The molecule has 0 aliphatic heterocycles. The first-order chi connectivity index (χ1) is 16.4. The van der Waals surface area contributed by atoms with E-state index in [1.807, 2.05) is 0 Å². The van der Waals surface area contributed by atoms with Crippen molar-refractivity contribution in [3.8, 4) is 0 Å². The van der Waals surface area contributed by atoms with Crippen LogP contribution in [0.2, 0.25) is 11.1 Å². The van der Waals surface area contributed by atoms with Gasteiger partial charge in [0, 0.05) is 39.5 Å². The van der Waals surface area contributed by atoms with Crippen LogP contribution >= 0.6 is 0 Å². The molecule has 0 radical (unpaired) electrons. The zero-order chi connectivity index (χ0) is 27.3. The zero-order valence-corrected chi connectivity index (χ0v) is 28.4. The predicted molar refractivity (Wildman–Crippen MR) is 160 cm³/mol. The smallest absolute Gasteiger partial charge is 0.324 e. The first kappa shape index (κ1) is 37.4. The molecule has 6 heteroatoms. The first-order valence-electron chi connectivity index (χ1n) is 14.6. The van der Waals surface area contributed by atoms with Gasteiger partial charge in [-0.3, -0.25) is 0 Å². The largest absolute Gasteiger partial charge is 0.400 e. The van der Waals surface area contributed by atoms with Gasteiger partial charge in [-0.25, -0.2) is 0 Å². The summed E-state index contributed by atoms with van der Waals surface area (Å²) in [5.41, 5.74) is 1.82. The van der Waals surface area contributed by atoms with Gasteiger partial charge in [-0.2, -0.15) is 0 Å². The third-order valence-corrected chi connectivity index (χ3v) is 13.1. The minimum Gasteiger partial charge on any atom is -0.400 e. The van der Waals surface area contributed by atoms with Crippen LogP contribution in [-0.2, 0) is 17.7 Å². The molecule has 0 bridgehead atoms. The third-order valence-electron chi connectivity index (χ3n) is 7.30. The van der Waals surface area contributed by atoms with Gasteiger partial charge in [-0.05, 0) is 23.7 Å². The molecule has 0 amide bonds. The van der Waals surface area contributed by atoms with Gasteiger partial charge in [0.05, 0.1) is 0 Å². The Bertz CT molecular complexity index is 441. The molecule has 4 nitrogen and oxygen atoms in total. The monoisotopic (exact) mass is 534 g/mol. The van der Waals surface area contributed by atoms with E-state index in [4.69, 9.17) is 17.7 Å². The Balaban J connectivity index is 0. The van der Waals surface area contributed by atoms with E-state index >= 15 is 0 Å². The Morgan fingerprint density at radius 3 is 0.943 bits per heavy atom. The van der Waals surface area contributed by atoms with Crippen LogP contribution in [0, 0.1) is 10.8 Å². The van der Waals surface area contributed by atoms with Gasteiger partial charge in [-0.15, -0.1) is 0 Å². The minimum atomic E-state index is -1.50. The molecule has 0 N–H and O–H groups in total. The van der Waals surface area contributed by atoms with Crippen LogP contribution in [-0.4, -0.2) is 47.0 Å². The first-order valence-corrected chi connectivity index (χ1v) is 17.8. The van der Waals surface area contributed by atoms with E-state index in [-0.39, 0.29) is 0 Å². The van der Waals surface area contributed by atoms with Crippen molar-refractivity contribution in [3.05, 3.63) is 0 Å². The Labute approximate surface area is 225 Å². The number of hydrogen-bond donors (Lipinski definition) is 0. The van der Waals surface area contributed by atoms with Crippen molar-refractivity contribution in [1.82, 2.24) is 0 Å². The minimum absolute atomic E-state index is 0.298. The summed E-state index contributed by atoms with van der Waals surface area (Å²) < 4.78 is 22.4. The van der Waals surface area contributed by atoms with Crippen molar-refractivity contribution in [2.45, 2.75) is 150 Å². The molecule has 0 saturated heterocycles. The molecule has 0 spiro atoms. The fraction of sp³-hybridized carbons (Fsp3) is 1.00. The zero-order valence-electron chi connectivity index (χ0n) is 26.1. The lowest BCUT2D eigenvalue weighted by atomic mass is 9.88. The van der Waals surface area contributed by atoms with Gasteiger partial charge in [0.1, 0.15) is 0 Å². The van der Waals surface area contributed by atoms with Crippen LogP contribution in [0.3, 0.4) is 0 Å². The van der Waals surface area contributed by atoms with Crippen LogP contribution in [0.25, 0.3) is 0 Å². The van der Waals surface area contributed by atoms with Crippen molar-refractivity contribution in [2.24, 2.45) is 10.8 Å². The topological polar surface area (TPSA) is 36.9 Å². The summed E-state index contributed by atoms with van der Waals surface area (Å²) in [5.74, 6) is 0. The van der Waals surface area contributed by atoms with Gasteiger partial charge in [-0.1, -0.05) is 126 Å². The van der Waals surface area contributed by atoms with Crippen LogP contribution in [0.4, 0.5) is 0 Å². The van der Waals surface area contributed by atoms with Crippen molar-refractivity contribution in [1.29, 1.82) is 0 Å². The quantitative estimate of drug-likeness (QED) is 0.122. The molecule has 214 valence electrons. The van der Waals surface area contributed by atoms with E-state index in [0.717, 1.165) is 0 Å². The fourth-order valence-electron chi connectivity index (χ4n) is 4.92. The van der Waals surface area contributed by atoms with E-state index in [0.29, 0.717) is 21.9 Å². The lowest BCUT2D eigenvalue weighted by molar-refractivity contribution is 0.220. The molecular formula is C29H66O4Si2. The fourth-order valence-corrected chi connectivity index (χ4v) is 9.26. The molecule has 0 aromatic rings. The molecule has 0 aromatic carbocycles. The van der Waals surface area contributed by atoms with Gasteiger partial charge in [0.25, 0.3) is 0 Å². The molecule has 0 aromatic heterocycles. The summed E-state index contributed by atoms with van der Waals surface area (Å²) in [5, 5.41) is 0. The average molecular weight is 535 g/mol. The molecule has 35 heavy (non-hydrogen) atoms. The third kappa shape index (κ3) is 19.1. The number of rotatable bonds is 19. The molecule has 2 atom stereocenters. The summed E-state index contributed by atoms with van der Waals surface area (Å²) >= 11 is 0. The SMILES string of the molecule is CCCCCCCC([SiH](OC)OC)C(C)(C)C.CCCCCCCCC([SiH](OC)OC)C(C)(C)C. The Kier molecular flexibility index (Phi) is 23.8. The highest BCUT2D eigenvalue weighted by Crippen LogP contribution is 2.39. The molecule has 2 unspecified atom stereocenters. The summed E-state index contributed by atoms with van der Waals surface area (Å²) in [7, 11) is 4.23. The molecule has 0 aliphatic carbocycles. The van der Waals surface area contributed by atoms with Crippen LogP contribution < -0.4 is 0 Å². The predicted octanol–water partition coefficient (Wildman–Crippen LogP) is 8.94. The van der Waals surface area contributed by atoms with Crippen LogP contribution in [0.15, 0.2) is 0 Å². The molecule has 0 heterocycles. The Hall–Kier alpha value is 0.274. The van der Waals surface area contributed by atoms with Gasteiger partial charge >= 0.3 is 18.6 Å². The summed E-state index contributed by atoms with van der Waals surface area (Å²) in [6.45, 7) is 18.4. The maximum Gasteiger partial charge on any atom is 0.324 e. The van der Waals surface area contributed by atoms with E-state index in [1.165, 1.54) is 83.5 Å². The van der Waals surface area contributed by atoms with Crippen molar-refractivity contribution in [3.63, 3.8) is 0 Å². The summed E-state index contributed by atoms with van der Waals surface area (Å²) in [6, 6.07) is 0. The molecule has 0 aliphatic rings. The Morgan fingerprint density at radius 1 is 0.457 bits per heavy atom. The van der Waals surface area contributed by atoms with Crippen LogP contribution in [0.5, 0.6) is 0 Å². The lowest BCUT2D eigenvalue weighted by Crippen LogP contribution is -2.34. The molecule has 0 saturated carbocycles. The van der Waals surface area contributed by atoms with E-state index in [1.54, 1.807) is 28.4 Å². The maximum atomic E-state index is 5.60. The van der Waals surface area contributed by atoms with Crippen LogP contribution in [0.1, 0.15) is 139 Å². The van der Waals surface area contributed by atoms with E-state index in [2.05, 4.69) is 55.4 Å². The second-order valence-electron chi connectivity index (χ2n) is 12.4. The highest BCUT2D eigenvalue weighted by Gasteiger charge is 2.35. The second kappa shape index (κ2) is 22.3. The molecular weight excluding hydrogens is 468 g/mol. The molecule has 0 fully saturated rings. The Morgan fingerprint density at radius 2 is 0.714 bits per heavy atom. The lowest BCUT2D eigenvalue weighted by Gasteiger charge is -2.34. The van der Waals surface area contributed by atoms with Gasteiger partial charge in [0.2, 0.25) is 0 Å². The normalized spacial score (nSPS) is 14.2. The van der Waals surface area contributed by atoms with Gasteiger partial charge < -0.3 is 17.7 Å². The average Bonchev–Trinajstić information content (AvgIpc) is 2.79. The second-order valence-corrected chi connectivity index (χ2v) is 17.4. The number of hydrogen-bond acceptors (Lipinski definition) is 4. The van der Waals surface area contributed by atoms with Crippen molar-refractivity contribution >= 4 is 18.6 Å². The summed E-state index contributed by atoms with van der Waals surface area (Å²) in [6.07, 6.45) is 17.4. The highest BCUT2D eigenvalue weighted by atomic mass is 28.3. The van der Waals surface area contributed by atoms with Gasteiger partial charge in [0.15, 0.2) is 0 Å². The van der Waals surface area contributed by atoms with E-state index < -0.39 is 18.6 Å².